The van der Waals surface area contributed by atoms with Gasteiger partial charge in [0.2, 0.25) is 5.91 Å². The second-order valence-corrected chi connectivity index (χ2v) is 8.60. The lowest BCUT2D eigenvalue weighted by Crippen LogP contribution is -2.24. The van der Waals surface area contributed by atoms with E-state index in [1.54, 1.807) is 0 Å². The van der Waals surface area contributed by atoms with Gasteiger partial charge in [-0.25, -0.2) is 0 Å². The quantitative estimate of drug-likeness (QED) is 0.418. The van der Waals surface area contributed by atoms with Gasteiger partial charge < -0.3 is 19.4 Å². The van der Waals surface area contributed by atoms with Crippen molar-refractivity contribution >= 4 is 23.4 Å². The van der Waals surface area contributed by atoms with Gasteiger partial charge in [-0.15, -0.1) is 10.2 Å². The van der Waals surface area contributed by atoms with Crippen LogP contribution in [0.1, 0.15) is 22.7 Å². The first-order valence-corrected chi connectivity index (χ1v) is 11.4. The number of thioether (sulfide) groups is 1. The zero-order valence-electron chi connectivity index (χ0n) is 17.9. The monoisotopic (exact) mass is 458 g/mol. The summed E-state index contributed by atoms with van der Waals surface area (Å²) in [5.41, 5.74) is 1.63. The number of ether oxygens (including phenoxy) is 2. The molecule has 3 aromatic carbocycles. The maximum absolute atomic E-state index is 13.2. The summed E-state index contributed by atoms with van der Waals surface area (Å²) in [5, 5.41) is 11.8. The van der Waals surface area contributed by atoms with E-state index in [9.17, 15) is 4.79 Å². The number of fused-ring (bicyclic) bond motifs is 1. The Morgan fingerprint density at radius 3 is 2.39 bits per heavy atom. The molecule has 0 radical (unpaired) electrons. The Bertz CT molecular complexity index is 1250. The predicted octanol–water partition coefficient (Wildman–Crippen LogP) is 4.80. The van der Waals surface area contributed by atoms with Crippen molar-refractivity contribution in [3.05, 3.63) is 96.3 Å². The number of amides is 1. The molecule has 0 saturated carbocycles. The number of rotatable bonds is 6. The second-order valence-electron chi connectivity index (χ2n) is 7.53. The third-order valence-electron chi connectivity index (χ3n) is 5.27. The molecule has 8 heteroatoms. The van der Waals surface area contributed by atoms with Crippen molar-refractivity contribution in [3.63, 3.8) is 0 Å². The van der Waals surface area contributed by atoms with Gasteiger partial charge in [0.25, 0.3) is 0 Å². The Hall–Kier alpha value is -3.78. The molecule has 0 aliphatic carbocycles. The van der Waals surface area contributed by atoms with Crippen LogP contribution in [0.15, 0.2) is 90.1 Å². The molecular formula is C25H22N4O3S. The van der Waals surface area contributed by atoms with Crippen LogP contribution in [-0.2, 0) is 11.8 Å². The van der Waals surface area contributed by atoms with Crippen LogP contribution in [0.4, 0.5) is 5.69 Å². The molecule has 7 nitrogen and oxygen atoms in total. The highest BCUT2D eigenvalue weighted by Gasteiger charge is 2.30. The third-order valence-corrected chi connectivity index (χ3v) is 6.56. The number of hydrogen-bond donors (Lipinski definition) is 1. The van der Waals surface area contributed by atoms with Gasteiger partial charge in [-0.05, 0) is 29.8 Å². The van der Waals surface area contributed by atoms with Crippen molar-refractivity contribution in [2.45, 2.75) is 16.5 Å². The molecule has 0 saturated heterocycles. The van der Waals surface area contributed by atoms with Gasteiger partial charge in [-0.2, -0.15) is 0 Å². The van der Waals surface area contributed by atoms with Gasteiger partial charge in [0, 0.05) is 12.7 Å². The van der Waals surface area contributed by atoms with Gasteiger partial charge in [0.15, 0.2) is 28.6 Å². The molecule has 2 unspecified atom stereocenters. The van der Waals surface area contributed by atoms with Crippen LogP contribution in [0, 0.1) is 0 Å². The van der Waals surface area contributed by atoms with Gasteiger partial charge >= 0.3 is 0 Å². The van der Waals surface area contributed by atoms with Crippen LogP contribution in [-0.4, -0.2) is 27.3 Å². The highest BCUT2D eigenvalue weighted by molar-refractivity contribution is 8.00. The van der Waals surface area contributed by atoms with Crippen LogP contribution in [0.2, 0.25) is 0 Å². The first-order chi connectivity index (χ1) is 16.2. The highest BCUT2D eigenvalue weighted by Crippen LogP contribution is 2.38. The SMILES string of the molecule is Cn1c(SC(C(=O)Nc2ccccc2)c2ccccc2)nnc1C1COc2ccccc2O1. The average molecular weight is 459 g/mol. The van der Waals surface area contributed by atoms with Crippen molar-refractivity contribution in [2.75, 3.05) is 11.9 Å². The molecule has 1 N–H and O–H groups in total. The fourth-order valence-corrected chi connectivity index (χ4v) is 4.60. The number of aromatic nitrogens is 3. The van der Waals surface area contributed by atoms with E-state index in [1.165, 1.54) is 11.8 Å². The molecule has 4 aromatic rings. The van der Waals surface area contributed by atoms with Crippen LogP contribution in [0.3, 0.4) is 0 Å². The topological polar surface area (TPSA) is 78.3 Å². The molecule has 0 fully saturated rings. The Balaban J connectivity index is 1.39. The number of benzene rings is 3. The van der Waals surface area contributed by atoms with E-state index >= 15 is 0 Å². The molecule has 0 spiro atoms. The van der Waals surface area contributed by atoms with E-state index in [2.05, 4.69) is 15.5 Å². The summed E-state index contributed by atoms with van der Waals surface area (Å²) in [6.45, 7) is 0.338. The van der Waals surface area contributed by atoms with Crippen LogP contribution in [0.5, 0.6) is 11.5 Å². The number of hydrogen-bond acceptors (Lipinski definition) is 6. The summed E-state index contributed by atoms with van der Waals surface area (Å²) in [5.74, 6) is 1.90. The molecule has 1 amide bonds. The Kier molecular flexibility index (Phi) is 5.99. The number of nitrogens with zero attached hydrogens (tertiary/aromatic N) is 3. The first-order valence-electron chi connectivity index (χ1n) is 10.5. The van der Waals surface area contributed by atoms with Crippen molar-refractivity contribution in [1.82, 2.24) is 14.8 Å². The van der Waals surface area contributed by atoms with Gasteiger partial charge in [0.05, 0.1) is 0 Å². The Morgan fingerprint density at radius 1 is 0.970 bits per heavy atom. The van der Waals surface area contributed by atoms with Gasteiger partial charge in [-0.3, -0.25) is 4.79 Å². The summed E-state index contributed by atoms with van der Waals surface area (Å²) in [6.07, 6.45) is -0.389. The Labute approximate surface area is 195 Å². The molecule has 1 aliphatic rings. The molecule has 33 heavy (non-hydrogen) atoms. The number of anilines is 1. The van der Waals surface area contributed by atoms with Gasteiger partial charge in [-0.1, -0.05) is 72.4 Å². The van der Waals surface area contributed by atoms with E-state index in [1.807, 2.05) is 96.5 Å². The van der Waals surface area contributed by atoms with Crippen LogP contribution >= 0.6 is 11.8 Å². The lowest BCUT2D eigenvalue weighted by molar-refractivity contribution is -0.115. The molecule has 2 atom stereocenters. The maximum atomic E-state index is 13.2. The van der Waals surface area contributed by atoms with Crippen LogP contribution < -0.4 is 14.8 Å². The van der Waals surface area contributed by atoms with Crippen molar-refractivity contribution < 1.29 is 14.3 Å². The summed E-state index contributed by atoms with van der Waals surface area (Å²) < 4.78 is 13.8. The zero-order valence-corrected chi connectivity index (χ0v) is 18.7. The zero-order chi connectivity index (χ0) is 22.6. The molecule has 1 aromatic heterocycles. The molecule has 1 aliphatic heterocycles. The standard InChI is InChI=1S/C25H22N4O3S/c1-29-23(21-16-31-19-14-8-9-15-20(19)32-21)27-28-25(29)33-22(17-10-4-2-5-11-17)24(30)26-18-12-6-3-7-13-18/h2-15,21-22H,16H2,1H3,(H,26,30). The lowest BCUT2D eigenvalue weighted by atomic mass is 10.1. The van der Waals surface area contributed by atoms with E-state index in [4.69, 9.17) is 9.47 Å². The van der Waals surface area contributed by atoms with Crippen molar-refractivity contribution in [1.29, 1.82) is 0 Å². The minimum atomic E-state index is -0.508. The van der Waals surface area contributed by atoms with Crippen molar-refractivity contribution in [2.24, 2.45) is 7.05 Å². The summed E-state index contributed by atoms with van der Waals surface area (Å²) in [4.78, 5) is 13.2. The number of carbonyl (C=O) groups excluding carboxylic acids is 1. The van der Waals surface area contributed by atoms with Crippen molar-refractivity contribution in [3.8, 4) is 11.5 Å². The van der Waals surface area contributed by atoms with E-state index in [0.29, 0.717) is 29.1 Å². The maximum Gasteiger partial charge on any atom is 0.242 e. The normalized spacial score (nSPS) is 15.6. The number of para-hydroxylation sites is 3. The van der Waals surface area contributed by atoms with E-state index in [0.717, 1.165) is 11.3 Å². The number of carbonyl (C=O) groups is 1. The van der Waals surface area contributed by atoms with Crippen LogP contribution in [0.25, 0.3) is 0 Å². The largest absolute Gasteiger partial charge is 0.485 e. The van der Waals surface area contributed by atoms with Gasteiger partial charge in [0.1, 0.15) is 11.9 Å². The fraction of sp³-hybridized carbons (Fsp3) is 0.160. The molecular weight excluding hydrogens is 436 g/mol. The average Bonchev–Trinajstić information content (AvgIpc) is 3.23. The third kappa shape index (κ3) is 4.56. The second kappa shape index (κ2) is 9.38. The molecule has 166 valence electrons. The minimum Gasteiger partial charge on any atom is -0.485 e. The Morgan fingerprint density at radius 2 is 1.64 bits per heavy atom. The minimum absolute atomic E-state index is 0.131. The van der Waals surface area contributed by atoms with E-state index in [-0.39, 0.29) is 12.0 Å². The lowest BCUT2D eigenvalue weighted by Gasteiger charge is -2.25. The molecule has 5 rings (SSSR count). The molecule has 0 bridgehead atoms. The molecule has 2 heterocycles. The van der Waals surface area contributed by atoms with E-state index < -0.39 is 5.25 Å². The number of nitrogens with one attached hydrogen (secondary N) is 1. The highest BCUT2D eigenvalue weighted by atomic mass is 32.2. The summed E-state index contributed by atoms with van der Waals surface area (Å²) in [6, 6.07) is 26.6. The first kappa shape index (κ1) is 21.1. The summed E-state index contributed by atoms with van der Waals surface area (Å²) in [7, 11) is 1.87. The smallest absolute Gasteiger partial charge is 0.242 e. The fourth-order valence-electron chi connectivity index (χ4n) is 3.59. The summed E-state index contributed by atoms with van der Waals surface area (Å²) >= 11 is 1.35. The predicted molar refractivity (Wildman–Crippen MR) is 126 cm³/mol.